The van der Waals surface area contributed by atoms with Crippen LogP contribution in [0.3, 0.4) is 0 Å². The molecule has 0 aliphatic heterocycles. The van der Waals surface area contributed by atoms with Gasteiger partial charge in [-0.25, -0.2) is 0 Å². The molecule has 1 amide bonds. The van der Waals surface area contributed by atoms with Gasteiger partial charge in [0.05, 0.1) is 11.0 Å². The first-order chi connectivity index (χ1) is 17.5. The molecule has 3 aromatic rings. The second kappa shape index (κ2) is 12.6. The van der Waals surface area contributed by atoms with Crippen LogP contribution < -0.4 is 10.5 Å². The van der Waals surface area contributed by atoms with Crippen molar-refractivity contribution >= 4 is 17.2 Å². The van der Waals surface area contributed by atoms with Gasteiger partial charge in [-0.15, -0.1) is 11.3 Å². The predicted octanol–water partition coefficient (Wildman–Crippen LogP) is 3.71. The number of thiophene rings is 1. The third-order valence-corrected chi connectivity index (χ3v) is 7.19. The predicted molar refractivity (Wildman–Crippen MR) is 144 cm³/mol. The van der Waals surface area contributed by atoms with E-state index >= 15 is 0 Å². The van der Waals surface area contributed by atoms with E-state index in [0.717, 1.165) is 34.7 Å². The van der Waals surface area contributed by atoms with Gasteiger partial charge in [-0.3, -0.25) is 4.79 Å². The molecular formula is C27H38N4O5S. The highest BCUT2D eigenvalue weighted by molar-refractivity contribution is 7.15. The number of primary amides is 1. The van der Waals surface area contributed by atoms with E-state index in [-0.39, 0.29) is 13.0 Å². The highest BCUT2D eigenvalue weighted by Gasteiger charge is 2.20. The van der Waals surface area contributed by atoms with Gasteiger partial charge >= 0.3 is 0 Å². The van der Waals surface area contributed by atoms with Crippen molar-refractivity contribution < 1.29 is 24.3 Å². The van der Waals surface area contributed by atoms with Gasteiger partial charge < -0.3 is 30.1 Å². The summed E-state index contributed by atoms with van der Waals surface area (Å²) in [5.74, 6) is 1.37. The Bertz CT molecular complexity index is 1210. The Morgan fingerprint density at radius 2 is 1.95 bits per heavy atom. The highest BCUT2D eigenvalue weighted by atomic mass is 32.1. The summed E-state index contributed by atoms with van der Waals surface area (Å²) in [5.41, 5.74) is 8.85. The zero-order valence-electron chi connectivity index (χ0n) is 22.4. The lowest BCUT2D eigenvalue weighted by Crippen LogP contribution is -2.33. The third-order valence-electron chi connectivity index (χ3n) is 5.98. The fraction of sp³-hybridized carbons (Fsp3) is 0.519. The number of aliphatic hydroxyl groups is 2. The number of nitrogens with zero attached hydrogens (tertiary/aromatic N) is 3. The molecule has 0 aliphatic rings. The quantitative estimate of drug-likeness (QED) is 0.304. The van der Waals surface area contributed by atoms with Gasteiger partial charge in [0.2, 0.25) is 11.7 Å². The fourth-order valence-corrected chi connectivity index (χ4v) is 5.40. The number of carbonyl (C=O) groups excluding carboxylic acids is 1. The molecule has 2 atom stereocenters. The van der Waals surface area contributed by atoms with Crippen molar-refractivity contribution in [2.75, 3.05) is 20.2 Å². The Kier molecular flexibility index (Phi) is 9.83. The van der Waals surface area contributed by atoms with Crippen LogP contribution in [0.2, 0.25) is 0 Å². The Morgan fingerprint density at radius 1 is 1.22 bits per heavy atom. The van der Waals surface area contributed by atoms with Crippen LogP contribution in [0.25, 0.3) is 22.2 Å². The number of rotatable bonds is 13. The molecule has 0 radical (unpaired) electrons. The Morgan fingerprint density at radius 3 is 2.59 bits per heavy atom. The zero-order chi connectivity index (χ0) is 27.3. The summed E-state index contributed by atoms with van der Waals surface area (Å²) >= 11 is 1.68. The van der Waals surface area contributed by atoms with Crippen molar-refractivity contribution in [3.8, 4) is 27.9 Å². The number of aliphatic hydroxyl groups excluding tert-OH is 2. The second-order valence-corrected chi connectivity index (χ2v) is 11.1. The smallest absolute Gasteiger partial charge is 0.268 e. The lowest BCUT2D eigenvalue weighted by atomic mass is 10.0. The number of hydrogen-bond acceptors (Lipinski definition) is 9. The van der Waals surface area contributed by atoms with E-state index in [1.165, 1.54) is 10.4 Å². The normalized spacial score (nSPS) is 13.4. The van der Waals surface area contributed by atoms with Gasteiger partial charge in [0.1, 0.15) is 18.5 Å². The van der Waals surface area contributed by atoms with Crippen molar-refractivity contribution in [1.82, 2.24) is 15.0 Å². The number of ether oxygens (including phenoxy) is 1. The van der Waals surface area contributed by atoms with Gasteiger partial charge in [-0.1, -0.05) is 25.9 Å². The minimum Gasteiger partial charge on any atom is -0.490 e. The number of carbonyl (C=O) groups is 1. The average molecular weight is 531 g/mol. The van der Waals surface area contributed by atoms with E-state index in [1.807, 2.05) is 26.0 Å². The van der Waals surface area contributed by atoms with Gasteiger partial charge in [-0.2, -0.15) is 4.98 Å². The van der Waals surface area contributed by atoms with Crippen LogP contribution in [0, 0.1) is 19.8 Å². The molecule has 0 aliphatic carbocycles. The number of benzene rings is 1. The summed E-state index contributed by atoms with van der Waals surface area (Å²) in [6.07, 6.45) is -1.94. The molecule has 2 aromatic heterocycles. The maximum Gasteiger partial charge on any atom is 0.268 e. The van der Waals surface area contributed by atoms with E-state index in [0.29, 0.717) is 29.8 Å². The molecule has 2 heterocycles. The van der Waals surface area contributed by atoms with Crippen molar-refractivity contribution in [3.63, 3.8) is 0 Å². The lowest BCUT2D eigenvalue weighted by Gasteiger charge is -2.18. The topological polar surface area (TPSA) is 135 Å². The molecule has 4 N–H and O–H groups in total. The van der Waals surface area contributed by atoms with Crippen molar-refractivity contribution in [3.05, 3.63) is 39.8 Å². The summed E-state index contributed by atoms with van der Waals surface area (Å²) in [6.45, 7) is 12.3. The maximum atomic E-state index is 11.0. The number of aromatic nitrogens is 2. The van der Waals surface area contributed by atoms with Crippen LogP contribution in [0.15, 0.2) is 22.7 Å². The first-order valence-electron chi connectivity index (χ1n) is 12.5. The number of hydrogen-bond donors (Lipinski definition) is 3. The van der Waals surface area contributed by atoms with Crippen LogP contribution >= 0.6 is 11.3 Å². The van der Waals surface area contributed by atoms with Crippen LogP contribution in [0.5, 0.6) is 5.75 Å². The summed E-state index contributed by atoms with van der Waals surface area (Å²) in [7, 11) is 2.13. The Hall–Kier alpha value is -2.79. The number of amides is 1. The first kappa shape index (κ1) is 28.8. The monoisotopic (exact) mass is 530 g/mol. The van der Waals surface area contributed by atoms with E-state index in [2.05, 4.69) is 48.9 Å². The van der Waals surface area contributed by atoms with Gasteiger partial charge in [0.15, 0.2) is 0 Å². The summed E-state index contributed by atoms with van der Waals surface area (Å²) in [5, 5.41) is 23.9. The minimum absolute atomic E-state index is 0.0731. The third kappa shape index (κ3) is 7.61. The lowest BCUT2D eigenvalue weighted by molar-refractivity contribution is -0.127. The van der Waals surface area contributed by atoms with Crippen LogP contribution in [-0.4, -0.2) is 63.6 Å². The van der Waals surface area contributed by atoms with E-state index < -0.39 is 18.1 Å². The fourth-order valence-electron chi connectivity index (χ4n) is 4.22. The van der Waals surface area contributed by atoms with E-state index in [1.54, 1.807) is 11.3 Å². The van der Waals surface area contributed by atoms with Crippen molar-refractivity contribution in [2.45, 2.75) is 66.2 Å². The molecule has 1 aromatic carbocycles. The molecule has 1 unspecified atom stereocenters. The molecule has 9 nitrogen and oxygen atoms in total. The Balaban J connectivity index is 1.76. The Labute approximate surface area is 222 Å². The van der Waals surface area contributed by atoms with Crippen LogP contribution in [0.1, 0.15) is 48.8 Å². The standard InChI is InChI=1S/C27H38N4O5S/c1-7-18-10-19(8-17(5)24(18)35-14-20(32)11-21(33)25(28)34)26-29-27(36-30-26)22-9-16(4)23(37-22)13-31(6)12-15(2)3/h8-10,15,20-21,32-33H,7,11-14H2,1-6H3,(H2,28,34)/t20-,21?/m0/s1. The molecule has 0 fully saturated rings. The molecule has 202 valence electrons. The van der Waals surface area contributed by atoms with Gasteiger partial charge in [-0.05, 0) is 68.1 Å². The summed E-state index contributed by atoms with van der Waals surface area (Å²) in [6, 6.07) is 5.97. The van der Waals surface area contributed by atoms with Crippen LogP contribution in [0.4, 0.5) is 0 Å². The molecule has 0 saturated heterocycles. The maximum absolute atomic E-state index is 11.0. The minimum atomic E-state index is -1.41. The average Bonchev–Trinajstić information content (AvgIpc) is 3.44. The molecule has 0 bridgehead atoms. The van der Waals surface area contributed by atoms with Crippen molar-refractivity contribution in [2.24, 2.45) is 11.7 Å². The van der Waals surface area contributed by atoms with Crippen molar-refractivity contribution in [1.29, 1.82) is 0 Å². The van der Waals surface area contributed by atoms with E-state index in [9.17, 15) is 15.0 Å². The first-order valence-corrected chi connectivity index (χ1v) is 13.3. The molecule has 0 saturated carbocycles. The van der Waals surface area contributed by atoms with Gasteiger partial charge in [0, 0.05) is 30.0 Å². The molecule has 0 spiro atoms. The molecule has 10 heteroatoms. The molecular weight excluding hydrogens is 492 g/mol. The van der Waals surface area contributed by atoms with E-state index in [4.69, 9.17) is 15.0 Å². The summed E-state index contributed by atoms with van der Waals surface area (Å²) < 4.78 is 11.5. The molecule has 3 rings (SSSR count). The largest absolute Gasteiger partial charge is 0.490 e. The number of nitrogens with two attached hydrogens (primary N) is 1. The molecule has 37 heavy (non-hydrogen) atoms. The number of aryl methyl sites for hydroxylation is 3. The second-order valence-electron chi connectivity index (χ2n) is 9.98. The summed E-state index contributed by atoms with van der Waals surface area (Å²) in [4.78, 5) is 20.2. The van der Waals surface area contributed by atoms with Crippen LogP contribution in [-0.2, 0) is 17.8 Å². The van der Waals surface area contributed by atoms with Gasteiger partial charge in [0.25, 0.3) is 5.89 Å². The highest BCUT2D eigenvalue weighted by Crippen LogP contribution is 2.34. The zero-order valence-corrected chi connectivity index (χ0v) is 23.3. The SMILES string of the molecule is CCc1cc(-c2noc(-c3cc(C)c(CN(C)CC(C)C)s3)n2)cc(C)c1OC[C@@H](O)CC(O)C(N)=O.